The molecule has 0 spiro atoms. The summed E-state index contributed by atoms with van der Waals surface area (Å²) in [6, 6.07) is 0. The fourth-order valence-electron chi connectivity index (χ4n) is 0.754. The molecule has 1 heterocycles. The van der Waals surface area contributed by atoms with Crippen molar-refractivity contribution in [3.05, 3.63) is 11.7 Å². The van der Waals surface area contributed by atoms with Crippen LogP contribution in [0.1, 0.15) is 37.4 Å². The van der Waals surface area contributed by atoms with E-state index in [1.165, 1.54) is 0 Å². The number of rotatable bonds is 3. The van der Waals surface area contributed by atoms with Gasteiger partial charge >= 0.3 is 0 Å². The lowest BCUT2D eigenvalue weighted by Gasteiger charge is -1.89. The minimum absolute atomic E-state index is 0.187. The van der Waals surface area contributed by atoms with Gasteiger partial charge in [0.2, 0.25) is 5.89 Å². The molecule has 0 aliphatic rings. The van der Waals surface area contributed by atoms with Gasteiger partial charge in [0.1, 0.15) is 5.38 Å². The number of hydrogen-bond acceptors (Lipinski definition) is 3. The molecular weight excluding hydrogens is 164 g/mol. The monoisotopic (exact) mass is 174 g/mol. The molecule has 1 rings (SSSR count). The molecule has 0 aliphatic carbocycles. The van der Waals surface area contributed by atoms with Crippen molar-refractivity contribution in [1.82, 2.24) is 10.1 Å². The van der Waals surface area contributed by atoms with E-state index in [4.69, 9.17) is 16.1 Å². The number of hydrogen-bond donors (Lipinski definition) is 0. The summed E-state index contributed by atoms with van der Waals surface area (Å²) in [6.07, 6.45) is 1.88. The minimum Gasteiger partial charge on any atom is -0.338 e. The molecule has 0 aliphatic heterocycles. The van der Waals surface area contributed by atoms with Gasteiger partial charge < -0.3 is 4.52 Å². The molecule has 1 unspecified atom stereocenters. The topological polar surface area (TPSA) is 38.9 Å². The molecule has 62 valence electrons. The van der Waals surface area contributed by atoms with E-state index >= 15 is 0 Å². The molecule has 0 saturated carbocycles. The van der Waals surface area contributed by atoms with Crippen molar-refractivity contribution in [2.24, 2.45) is 0 Å². The van der Waals surface area contributed by atoms with Crippen molar-refractivity contribution in [1.29, 1.82) is 0 Å². The molecule has 0 radical (unpaired) electrons. The van der Waals surface area contributed by atoms with Crippen molar-refractivity contribution in [3.63, 3.8) is 0 Å². The number of alkyl halides is 1. The van der Waals surface area contributed by atoms with Gasteiger partial charge in [0.05, 0.1) is 0 Å². The number of nitrogens with zero attached hydrogens (tertiary/aromatic N) is 2. The van der Waals surface area contributed by atoms with Gasteiger partial charge in [-0.2, -0.15) is 4.98 Å². The first-order valence-corrected chi connectivity index (χ1v) is 4.14. The van der Waals surface area contributed by atoms with E-state index in [2.05, 4.69) is 17.1 Å². The van der Waals surface area contributed by atoms with Crippen LogP contribution in [0.3, 0.4) is 0 Å². The predicted molar refractivity (Wildman–Crippen MR) is 42.6 cm³/mol. The molecule has 1 aromatic heterocycles. The third-order valence-corrected chi connectivity index (χ3v) is 1.48. The summed E-state index contributed by atoms with van der Waals surface area (Å²) >= 11 is 5.72. The van der Waals surface area contributed by atoms with Crippen LogP contribution in [0.15, 0.2) is 4.52 Å². The average Bonchev–Trinajstić information content (AvgIpc) is 2.37. The quantitative estimate of drug-likeness (QED) is 0.661. The number of aromatic nitrogens is 2. The Kier molecular flexibility index (Phi) is 2.88. The van der Waals surface area contributed by atoms with Gasteiger partial charge in [-0.25, -0.2) is 0 Å². The Bertz CT molecular complexity index is 222. The van der Waals surface area contributed by atoms with Crippen LogP contribution in [-0.4, -0.2) is 10.1 Å². The molecule has 1 aromatic rings. The van der Waals surface area contributed by atoms with E-state index in [0.717, 1.165) is 18.7 Å². The van der Waals surface area contributed by atoms with E-state index in [0.29, 0.717) is 5.89 Å². The summed E-state index contributed by atoms with van der Waals surface area (Å²) in [5.41, 5.74) is 0. The van der Waals surface area contributed by atoms with E-state index in [1.54, 1.807) is 0 Å². The SMILES string of the molecule is CCCc1noc(C(C)Cl)n1. The minimum atomic E-state index is -0.187. The van der Waals surface area contributed by atoms with Gasteiger partial charge in [-0.15, -0.1) is 11.6 Å². The molecule has 0 aromatic carbocycles. The zero-order chi connectivity index (χ0) is 8.27. The Labute approximate surface area is 70.7 Å². The third-order valence-electron chi connectivity index (χ3n) is 1.30. The second-order valence-electron chi connectivity index (χ2n) is 2.41. The van der Waals surface area contributed by atoms with Crippen LogP contribution in [0.2, 0.25) is 0 Å². The van der Waals surface area contributed by atoms with Crippen LogP contribution in [0.25, 0.3) is 0 Å². The Hall–Kier alpha value is -0.570. The normalized spacial score (nSPS) is 13.4. The molecule has 0 saturated heterocycles. The molecule has 0 bridgehead atoms. The predicted octanol–water partition coefficient (Wildman–Crippen LogP) is 2.32. The highest BCUT2D eigenvalue weighted by Gasteiger charge is 2.09. The van der Waals surface area contributed by atoms with Gasteiger partial charge in [0, 0.05) is 6.42 Å². The van der Waals surface area contributed by atoms with Crippen molar-refractivity contribution >= 4 is 11.6 Å². The number of halogens is 1. The van der Waals surface area contributed by atoms with Crippen LogP contribution in [0, 0.1) is 0 Å². The summed E-state index contributed by atoms with van der Waals surface area (Å²) in [5, 5.41) is 3.57. The van der Waals surface area contributed by atoms with E-state index in [1.807, 2.05) is 6.92 Å². The lowest BCUT2D eigenvalue weighted by atomic mass is 10.3. The van der Waals surface area contributed by atoms with Crippen molar-refractivity contribution in [2.45, 2.75) is 32.1 Å². The van der Waals surface area contributed by atoms with Crippen molar-refractivity contribution < 1.29 is 4.52 Å². The lowest BCUT2D eigenvalue weighted by Crippen LogP contribution is -1.87. The van der Waals surface area contributed by atoms with Crippen molar-refractivity contribution in [3.8, 4) is 0 Å². The number of aryl methyl sites for hydroxylation is 1. The molecule has 1 atom stereocenters. The van der Waals surface area contributed by atoms with Crippen LogP contribution in [-0.2, 0) is 6.42 Å². The maximum Gasteiger partial charge on any atom is 0.244 e. The first-order chi connectivity index (χ1) is 5.24. The van der Waals surface area contributed by atoms with Crippen LogP contribution >= 0.6 is 11.6 Å². The van der Waals surface area contributed by atoms with Crippen molar-refractivity contribution in [2.75, 3.05) is 0 Å². The van der Waals surface area contributed by atoms with Gasteiger partial charge in [-0.05, 0) is 13.3 Å². The molecule has 11 heavy (non-hydrogen) atoms. The van der Waals surface area contributed by atoms with E-state index < -0.39 is 0 Å². The summed E-state index contributed by atoms with van der Waals surface area (Å²) in [6.45, 7) is 3.88. The summed E-state index contributed by atoms with van der Waals surface area (Å²) < 4.78 is 4.89. The lowest BCUT2D eigenvalue weighted by molar-refractivity contribution is 0.373. The van der Waals surface area contributed by atoms with Gasteiger partial charge in [0.25, 0.3) is 0 Å². The fraction of sp³-hybridized carbons (Fsp3) is 0.714. The fourth-order valence-corrected chi connectivity index (χ4v) is 0.843. The van der Waals surface area contributed by atoms with Gasteiger partial charge in [-0.1, -0.05) is 12.1 Å². The summed E-state index contributed by atoms with van der Waals surface area (Å²) in [4.78, 5) is 4.09. The molecule has 0 fully saturated rings. The Balaban J connectivity index is 2.66. The first kappa shape index (κ1) is 8.53. The first-order valence-electron chi connectivity index (χ1n) is 3.70. The molecule has 0 N–H and O–H groups in total. The van der Waals surface area contributed by atoms with E-state index in [9.17, 15) is 0 Å². The third kappa shape index (κ3) is 2.19. The highest BCUT2D eigenvalue weighted by molar-refractivity contribution is 6.20. The maximum atomic E-state index is 5.72. The standard InChI is InChI=1S/C7H11ClN2O/c1-3-4-6-9-7(5(2)8)11-10-6/h5H,3-4H2,1-2H3. The van der Waals surface area contributed by atoms with Gasteiger partial charge in [-0.3, -0.25) is 0 Å². The smallest absolute Gasteiger partial charge is 0.244 e. The Morgan fingerprint density at radius 1 is 1.64 bits per heavy atom. The van der Waals surface area contributed by atoms with Crippen LogP contribution in [0.4, 0.5) is 0 Å². The molecule has 3 nitrogen and oxygen atoms in total. The zero-order valence-corrected chi connectivity index (χ0v) is 7.43. The van der Waals surface area contributed by atoms with Crippen LogP contribution in [0.5, 0.6) is 0 Å². The molecular formula is C7H11ClN2O. The summed E-state index contributed by atoms with van der Waals surface area (Å²) in [5.74, 6) is 1.25. The highest BCUT2D eigenvalue weighted by Crippen LogP contribution is 2.16. The maximum absolute atomic E-state index is 5.72. The van der Waals surface area contributed by atoms with Crippen LogP contribution < -0.4 is 0 Å². The summed E-state index contributed by atoms with van der Waals surface area (Å²) in [7, 11) is 0. The Morgan fingerprint density at radius 2 is 2.36 bits per heavy atom. The molecule has 0 amide bonds. The average molecular weight is 175 g/mol. The van der Waals surface area contributed by atoms with E-state index in [-0.39, 0.29) is 5.38 Å². The Morgan fingerprint density at radius 3 is 2.82 bits per heavy atom. The zero-order valence-electron chi connectivity index (χ0n) is 6.67. The second kappa shape index (κ2) is 3.72. The highest BCUT2D eigenvalue weighted by atomic mass is 35.5. The molecule has 4 heteroatoms. The largest absolute Gasteiger partial charge is 0.338 e. The second-order valence-corrected chi connectivity index (χ2v) is 3.07. The van der Waals surface area contributed by atoms with Gasteiger partial charge in [0.15, 0.2) is 5.82 Å².